The van der Waals surface area contributed by atoms with Crippen LogP contribution in [0.2, 0.25) is 0 Å². The highest BCUT2D eigenvalue weighted by Crippen LogP contribution is 2.06. The molecular formula is C11H16N2O3. The van der Waals surface area contributed by atoms with Gasteiger partial charge in [0, 0.05) is 12.3 Å². The van der Waals surface area contributed by atoms with Gasteiger partial charge in [-0.1, -0.05) is 6.92 Å². The Labute approximate surface area is 94.5 Å². The summed E-state index contributed by atoms with van der Waals surface area (Å²) < 4.78 is 4.89. The maximum absolute atomic E-state index is 11.7. The molecule has 1 atom stereocenters. The smallest absolute Gasteiger partial charge is 0.253 e. The van der Waals surface area contributed by atoms with Crippen LogP contribution in [0.4, 0.5) is 0 Å². The molecule has 5 heteroatoms. The fourth-order valence-corrected chi connectivity index (χ4v) is 1.18. The number of aliphatic hydroxyl groups is 1. The molecule has 0 aromatic carbocycles. The van der Waals surface area contributed by atoms with Crippen LogP contribution in [0.15, 0.2) is 18.3 Å². The normalized spacial score (nSPS) is 11.9. The first kappa shape index (κ1) is 12.4. The third-order valence-electron chi connectivity index (χ3n) is 2.26. The number of hydrogen-bond acceptors (Lipinski definition) is 4. The Bertz CT molecular complexity index is 334. The standard InChI is InChI=1S/C11H16N2O3/c1-3-9(7-14)13-11(15)8-4-5-10(16-2)12-6-8/h4-6,9,14H,3,7H2,1-2H3,(H,13,15). The Hall–Kier alpha value is -1.62. The minimum atomic E-state index is -0.240. The summed E-state index contributed by atoms with van der Waals surface area (Å²) in [4.78, 5) is 15.6. The van der Waals surface area contributed by atoms with E-state index >= 15 is 0 Å². The number of nitrogens with zero attached hydrogens (tertiary/aromatic N) is 1. The fraction of sp³-hybridized carbons (Fsp3) is 0.455. The van der Waals surface area contributed by atoms with E-state index in [9.17, 15) is 4.79 Å². The molecular weight excluding hydrogens is 208 g/mol. The number of pyridine rings is 1. The Balaban J connectivity index is 2.65. The zero-order valence-electron chi connectivity index (χ0n) is 9.43. The zero-order valence-corrected chi connectivity index (χ0v) is 9.43. The van der Waals surface area contributed by atoms with E-state index in [0.29, 0.717) is 17.9 Å². The topological polar surface area (TPSA) is 71.5 Å². The number of hydrogen-bond donors (Lipinski definition) is 2. The van der Waals surface area contributed by atoms with Crippen molar-refractivity contribution in [3.05, 3.63) is 23.9 Å². The summed E-state index contributed by atoms with van der Waals surface area (Å²) >= 11 is 0. The van der Waals surface area contributed by atoms with Crippen molar-refractivity contribution in [1.29, 1.82) is 0 Å². The Morgan fingerprint density at radius 2 is 2.38 bits per heavy atom. The number of rotatable bonds is 5. The molecule has 0 aliphatic carbocycles. The lowest BCUT2D eigenvalue weighted by Crippen LogP contribution is -2.36. The third kappa shape index (κ3) is 3.20. The Kier molecular flexibility index (Phi) is 4.72. The molecule has 0 spiro atoms. The van der Waals surface area contributed by atoms with Crippen LogP contribution in [0.25, 0.3) is 0 Å². The first-order chi connectivity index (χ1) is 7.71. The van der Waals surface area contributed by atoms with Gasteiger partial charge in [0.1, 0.15) is 0 Å². The van der Waals surface area contributed by atoms with E-state index in [0.717, 1.165) is 0 Å². The van der Waals surface area contributed by atoms with Crippen LogP contribution in [-0.2, 0) is 0 Å². The molecule has 1 unspecified atom stereocenters. The zero-order chi connectivity index (χ0) is 12.0. The van der Waals surface area contributed by atoms with Gasteiger partial charge in [0.05, 0.1) is 25.3 Å². The van der Waals surface area contributed by atoms with Crippen LogP contribution in [0.1, 0.15) is 23.7 Å². The molecule has 0 aliphatic heterocycles. The van der Waals surface area contributed by atoms with Gasteiger partial charge in [-0.25, -0.2) is 4.98 Å². The maximum atomic E-state index is 11.7. The van der Waals surface area contributed by atoms with Gasteiger partial charge in [0.15, 0.2) is 0 Å². The van der Waals surface area contributed by atoms with Crippen molar-refractivity contribution in [2.45, 2.75) is 19.4 Å². The summed E-state index contributed by atoms with van der Waals surface area (Å²) in [5.74, 6) is 0.224. The average Bonchev–Trinajstić information content (AvgIpc) is 2.35. The number of ether oxygens (including phenoxy) is 1. The monoisotopic (exact) mass is 224 g/mol. The molecule has 5 nitrogen and oxygen atoms in total. The van der Waals surface area contributed by atoms with Gasteiger partial charge < -0.3 is 15.2 Å². The van der Waals surface area contributed by atoms with Gasteiger partial charge in [0.2, 0.25) is 5.88 Å². The number of aromatic nitrogens is 1. The summed E-state index contributed by atoms with van der Waals surface area (Å²) in [6, 6.07) is 3.04. The first-order valence-corrected chi connectivity index (χ1v) is 5.13. The molecule has 1 heterocycles. The third-order valence-corrected chi connectivity index (χ3v) is 2.26. The molecule has 16 heavy (non-hydrogen) atoms. The first-order valence-electron chi connectivity index (χ1n) is 5.13. The molecule has 1 aromatic rings. The van der Waals surface area contributed by atoms with Gasteiger partial charge in [-0.05, 0) is 12.5 Å². The van der Waals surface area contributed by atoms with Gasteiger partial charge in [0.25, 0.3) is 5.91 Å². The average molecular weight is 224 g/mol. The van der Waals surface area contributed by atoms with Crippen molar-refractivity contribution in [3.8, 4) is 5.88 Å². The van der Waals surface area contributed by atoms with Crippen LogP contribution in [0, 0.1) is 0 Å². The van der Waals surface area contributed by atoms with E-state index in [1.54, 1.807) is 12.1 Å². The lowest BCUT2D eigenvalue weighted by atomic mass is 10.2. The molecule has 0 fully saturated rings. The van der Waals surface area contributed by atoms with E-state index in [1.807, 2.05) is 6.92 Å². The largest absolute Gasteiger partial charge is 0.481 e. The van der Waals surface area contributed by atoms with Gasteiger partial charge in [-0.3, -0.25) is 4.79 Å². The van der Waals surface area contributed by atoms with E-state index in [-0.39, 0.29) is 18.6 Å². The molecule has 0 saturated carbocycles. The molecule has 1 rings (SSSR count). The Morgan fingerprint density at radius 1 is 1.62 bits per heavy atom. The second-order valence-electron chi connectivity index (χ2n) is 3.35. The molecule has 0 bridgehead atoms. The summed E-state index contributed by atoms with van der Waals surface area (Å²) in [5, 5.41) is 11.7. The van der Waals surface area contributed by atoms with Gasteiger partial charge in [-0.15, -0.1) is 0 Å². The molecule has 2 N–H and O–H groups in total. The molecule has 0 radical (unpaired) electrons. The number of amides is 1. The second kappa shape index (κ2) is 6.07. The lowest BCUT2D eigenvalue weighted by Gasteiger charge is -2.13. The van der Waals surface area contributed by atoms with Crippen molar-refractivity contribution in [1.82, 2.24) is 10.3 Å². The van der Waals surface area contributed by atoms with Crippen LogP contribution >= 0.6 is 0 Å². The summed E-state index contributed by atoms with van der Waals surface area (Å²) in [6.45, 7) is 1.83. The number of methoxy groups -OCH3 is 1. The predicted molar refractivity (Wildman–Crippen MR) is 59.4 cm³/mol. The molecule has 1 amide bonds. The highest BCUT2D eigenvalue weighted by atomic mass is 16.5. The van der Waals surface area contributed by atoms with Crippen molar-refractivity contribution in [2.24, 2.45) is 0 Å². The highest BCUT2D eigenvalue weighted by Gasteiger charge is 2.11. The molecule has 88 valence electrons. The van der Waals surface area contributed by atoms with Gasteiger partial charge >= 0.3 is 0 Å². The maximum Gasteiger partial charge on any atom is 0.253 e. The van der Waals surface area contributed by atoms with E-state index in [4.69, 9.17) is 9.84 Å². The number of carbonyl (C=O) groups is 1. The summed E-state index contributed by atoms with van der Waals surface area (Å²) in [5.41, 5.74) is 0.452. The summed E-state index contributed by atoms with van der Waals surface area (Å²) in [6.07, 6.45) is 2.13. The lowest BCUT2D eigenvalue weighted by molar-refractivity contribution is 0.0914. The van der Waals surface area contributed by atoms with Gasteiger partial charge in [-0.2, -0.15) is 0 Å². The predicted octanol–water partition coefficient (Wildman–Crippen LogP) is 0.591. The number of carbonyl (C=O) groups excluding carboxylic acids is 1. The van der Waals surface area contributed by atoms with Crippen molar-refractivity contribution in [2.75, 3.05) is 13.7 Å². The second-order valence-corrected chi connectivity index (χ2v) is 3.35. The van der Waals surface area contributed by atoms with Crippen LogP contribution in [-0.4, -0.2) is 35.8 Å². The van der Waals surface area contributed by atoms with Crippen LogP contribution < -0.4 is 10.1 Å². The Morgan fingerprint density at radius 3 is 2.81 bits per heavy atom. The minimum Gasteiger partial charge on any atom is -0.481 e. The number of nitrogens with one attached hydrogen (secondary N) is 1. The highest BCUT2D eigenvalue weighted by molar-refractivity contribution is 5.94. The van der Waals surface area contributed by atoms with Crippen molar-refractivity contribution in [3.63, 3.8) is 0 Å². The van der Waals surface area contributed by atoms with Crippen molar-refractivity contribution >= 4 is 5.91 Å². The molecule has 0 saturated heterocycles. The number of aliphatic hydroxyl groups excluding tert-OH is 1. The van der Waals surface area contributed by atoms with E-state index < -0.39 is 0 Å². The quantitative estimate of drug-likeness (QED) is 0.768. The SMILES string of the molecule is CCC(CO)NC(=O)c1ccc(OC)nc1. The fourth-order valence-electron chi connectivity index (χ4n) is 1.18. The van der Waals surface area contributed by atoms with E-state index in [1.165, 1.54) is 13.3 Å². The summed E-state index contributed by atoms with van der Waals surface area (Å²) in [7, 11) is 1.51. The molecule has 0 aliphatic rings. The van der Waals surface area contributed by atoms with Crippen LogP contribution in [0.3, 0.4) is 0 Å². The van der Waals surface area contributed by atoms with Crippen LogP contribution in [0.5, 0.6) is 5.88 Å². The molecule has 1 aromatic heterocycles. The van der Waals surface area contributed by atoms with Crippen molar-refractivity contribution < 1.29 is 14.6 Å². The minimum absolute atomic E-state index is 0.0637. The van der Waals surface area contributed by atoms with E-state index in [2.05, 4.69) is 10.3 Å².